The lowest BCUT2D eigenvalue weighted by atomic mass is 9.98. The first-order valence-electron chi connectivity index (χ1n) is 6.00. The maximum Gasteiger partial charge on any atom is 0.307 e. The van der Waals surface area contributed by atoms with Gasteiger partial charge in [-0.05, 0) is 26.3 Å². The number of aliphatic carboxylic acids is 1. The highest BCUT2D eigenvalue weighted by Crippen LogP contribution is 2.19. The molecule has 0 aliphatic carbocycles. The van der Waals surface area contributed by atoms with Crippen molar-refractivity contribution in [1.29, 1.82) is 0 Å². The van der Waals surface area contributed by atoms with Crippen LogP contribution >= 0.6 is 0 Å². The Morgan fingerprint density at radius 1 is 1.65 bits per heavy atom. The number of likely N-dealkylation sites (tertiary alicyclic amines) is 1. The minimum atomic E-state index is -0.669. The molecule has 1 fully saturated rings. The Morgan fingerprint density at radius 3 is 3.00 bits per heavy atom. The van der Waals surface area contributed by atoms with E-state index in [-0.39, 0.29) is 5.92 Å². The fraction of sp³-hybridized carbons (Fsp3) is 0.667. The summed E-state index contributed by atoms with van der Waals surface area (Å²) in [5.74, 6) is -0.877. The van der Waals surface area contributed by atoms with Crippen LogP contribution in [0.25, 0.3) is 0 Å². The molecule has 1 atom stereocenters. The molecule has 17 heavy (non-hydrogen) atoms. The first-order chi connectivity index (χ1) is 8.08. The lowest BCUT2D eigenvalue weighted by Gasteiger charge is -2.30. The third kappa shape index (κ3) is 2.66. The van der Waals surface area contributed by atoms with Gasteiger partial charge in [-0.25, -0.2) is 0 Å². The molecule has 0 radical (unpaired) electrons. The van der Waals surface area contributed by atoms with Gasteiger partial charge in [0.25, 0.3) is 0 Å². The minimum Gasteiger partial charge on any atom is -0.481 e. The summed E-state index contributed by atoms with van der Waals surface area (Å²) in [4.78, 5) is 13.2. The minimum absolute atomic E-state index is 0.208. The Bertz CT molecular complexity index is 414. The highest BCUT2D eigenvalue weighted by molar-refractivity contribution is 5.70. The van der Waals surface area contributed by atoms with Crippen LogP contribution in [-0.4, -0.2) is 38.8 Å². The standard InChI is InChI=1S/C12H19N3O2/c1-9-11(6-13-14(9)2)8-15-5-3-4-10(7-15)12(16)17/h6,10H,3-5,7-8H2,1-2H3,(H,16,17)/t10-/m0/s1. The van der Waals surface area contributed by atoms with E-state index in [2.05, 4.69) is 10.00 Å². The average Bonchev–Trinajstić information content (AvgIpc) is 2.61. The lowest BCUT2D eigenvalue weighted by Crippen LogP contribution is -2.38. The van der Waals surface area contributed by atoms with E-state index >= 15 is 0 Å². The van der Waals surface area contributed by atoms with E-state index in [0.29, 0.717) is 6.54 Å². The summed E-state index contributed by atoms with van der Waals surface area (Å²) >= 11 is 0. The number of carboxylic acid groups (broad SMARTS) is 1. The number of rotatable bonds is 3. The maximum absolute atomic E-state index is 11.0. The number of aromatic nitrogens is 2. The molecule has 0 spiro atoms. The third-order valence-corrected chi connectivity index (χ3v) is 3.59. The maximum atomic E-state index is 11.0. The van der Waals surface area contributed by atoms with E-state index in [1.54, 1.807) is 0 Å². The Balaban J connectivity index is 1.99. The van der Waals surface area contributed by atoms with Gasteiger partial charge in [0.1, 0.15) is 0 Å². The van der Waals surface area contributed by atoms with Crippen LogP contribution in [0.4, 0.5) is 0 Å². The number of hydrogen-bond donors (Lipinski definition) is 1. The van der Waals surface area contributed by atoms with Crippen molar-refractivity contribution in [3.05, 3.63) is 17.5 Å². The van der Waals surface area contributed by atoms with Gasteiger partial charge in [0.15, 0.2) is 0 Å². The first-order valence-corrected chi connectivity index (χ1v) is 6.00. The van der Waals surface area contributed by atoms with Gasteiger partial charge in [0, 0.05) is 31.4 Å². The molecule has 1 N–H and O–H groups in total. The zero-order chi connectivity index (χ0) is 12.4. The van der Waals surface area contributed by atoms with Gasteiger partial charge < -0.3 is 5.11 Å². The van der Waals surface area contributed by atoms with E-state index in [9.17, 15) is 4.79 Å². The Kier molecular flexibility index (Phi) is 3.47. The van der Waals surface area contributed by atoms with Crippen molar-refractivity contribution in [3.8, 4) is 0 Å². The molecule has 1 aliphatic rings. The molecule has 1 saturated heterocycles. The van der Waals surface area contributed by atoms with E-state index < -0.39 is 5.97 Å². The molecule has 1 aromatic heterocycles. The van der Waals surface area contributed by atoms with Crippen LogP contribution in [0.2, 0.25) is 0 Å². The van der Waals surface area contributed by atoms with Gasteiger partial charge in [-0.3, -0.25) is 14.4 Å². The second-order valence-corrected chi connectivity index (χ2v) is 4.79. The second-order valence-electron chi connectivity index (χ2n) is 4.79. The fourth-order valence-corrected chi connectivity index (χ4v) is 2.34. The van der Waals surface area contributed by atoms with Crippen molar-refractivity contribution in [3.63, 3.8) is 0 Å². The number of nitrogens with zero attached hydrogens (tertiary/aromatic N) is 3. The summed E-state index contributed by atoms with van der Waals surface area (Å²) < 4.78 is 1.86. The van der Waals surface area contributed by atoms with Gasteiger partial charge in [-0.1, -0.05) is 0 Å². The number of carboxylic acids is 1. The summed E-state index contributed by atoms with van der Waals surface area (Å²) in [7, 11) is 1.93. The van der Waals surface area contributed by atoms with Gasteiger partial charge in [0.2, 0.25) is 0 Å². The number of carbonyl (C=O) groups is 1. The molecule has 2 heterocycles. The zero-order valence-electron chi connectivity index (χ0n) is 10.4. The molecule has 0 bridgehead atoms. The summed E-state index contributed by atoms with van der Waals surface area (Å²) in [5, 5.41) is 13.2. The van der Waals surface area contributed by atoms with Gasteiger partial charge >= 0.3 is 5.97 Å². The monoisotopic (exact) mass is 237 g/mol. The summed E-state index contributed by atoms with van der Waals surface area (Å²) in [6.07, 6.45) is 3.65. The van der Waals surface area contributed by atoms with Crippen LogP contribution in [0.5, 0.6) is 0 Å². The van der Waals surface area contributed by atoms with Crippen LogP contribution < -0.4 is 0 Å². The van der Waals surface area contributed by atoms with Gasteiger partial charge in [-0.15, -0.1) is 0 Å². The first kappa shape index (κ1) is 12.1. The van der Waals surface area contributed by atoms with Crippen LogP contribution in [0, 0.1) is 12.8 Å². The average molecular weight is 237 g/mol. The molecule has 1 aliphatic heterocycles. The normalized spacial score (nSPS) is 21.6. The Morgan fingerprint density at radius 2 is 2.41 bits per heavy atom. The van der Waals surface area contributed by atoms with Crippen LogP contribution in [0.15, 0.2) is 6.20 Å². The molecular formula is C12H19N3O2. The third-order valence-electron chi connectivity index (χ3n) is 3.59. The molecule has 0 unspecified atom stereocenters. The largest absolute Gasteiger partial charge is 0.481 e. The van der Waals surface area contributed by atoms with Crippen LogP contribution in [0.1, 0.15) is 24.1 Å². The predicted octanol–water partition coefficient (Wildman–Crippen LogP) is 1.03. The van der Waals surface area contributed by atoms with E-state index in [1.807, 2.05) is 24.9 Å². The number of aryl methyl sites for hydroxylation is 1. The summed E-state index contributed by atoms with van der Waals surface area (Å²) in [6.45, 7) is 4.49. The van der Waals surface area contributed by atoms with Crippen LogP contribution in [-0.2, 0) is 18.4 Å². The summed E-state index contributed by atoms with van der Waals surface area (Å²) in [5.41, 5.74) is 2.35. The molecule has 0 aromatic carbocycles. The molecule has 2 rings (SSSR count). The van der Waals surface area contributed by atoms with Crippen molar-refractivity contribution >= 4 is 5.97 Å². The van der Waals surface area contributed by atoms with Gasteiger partial charge in [-0.2, -0.15) is 5.10 Å². The number of piperidine rings is 1. The zero-order valence-corrected chi connectivity index (χ0v) is 10.4. The molecule has 5 heteroatoms. The topological polar surface area (TPSA) is 58.4 Å². The lowest BCUT2D eigenvalue weighted by molar-refractivity contribution is -0.143. The summed E-state index contributed by atoms with van der Waals surface area (Å²) in [6, 6.07) is 0. The van der Waals surface area contributed by atoms with E-state index in [1.165, 1.54) is 5.56 Å². The van der Waals surface area contributed by atoms with Crippen molar-refractivity contribution in [1.82, 2.24) is 14.7 Å². The smallest absolute Gasteiger partial charge is 0.307 e. The van der Waals surface area contributed by atoms with Crippen molar-refractivity contribution in [2.75, 3.05) is 13.1 Å². The van der Waals surface area contributed by atoms with E-state index in [0.717, 1.165) is 31.6 Å². The Hall–Kier alpha value is -1.36. The molecule has 0 saturated carbocycles. The predicted molar refractivity (Wildman–Crippen MR) is 63.6 cm³/mol. The van der Waals surface area contributed by atoms with Crippen molar-refractivity contribution < 1.29 is 9.90 Å². The Labute approximate surface area is 101 Å². The molecular weight excluding hydrogens is 218 g/mol. The second kappa shape index (κ2) is 4.87. The molecule has 1 aromatic rings. The fourth-order valence-electron chi connectivity index (χ4n) is 2.34. The highest BCUT2D eigenvalue weighted by atomic mass is 16.4. The van der Waals surface area contributed by atoms with Gasteiger partial charge in [0.05, 0.1) is 12.1 Å². The SMILES string of the molecule is Cc1c(CN2CCC[C@H](C(=O)O)C2)cnn1C. The molecule has 5 nitrogen and oxygen atoms in total. The van der Waals surface area contributed by atoms with Crippen molar-refractivity contribution in [2.24, 2.45) is 13.0 Å². The quantitative estimate of drug-likeness (QED) is 0.853. The van der Waals surface area contributed by atoms with E-state index in [4.69, 9.17) is 5.11 Å². The van der Waals surface area contributed by atoms with Crippen molar-refractivity contribution in [2.45, 2.75) is 26.3 Å². The van der Waals surface area contributed by atoms with Crippen LogP contribution in [0.3, 0.4) is 0 Å². The number of hydrogen-bond acceptors (Lipinski definition) is 3. The highest BCUT2D eigenvalue weighted by Gasteiger charge is 2.25. The molecule has 94 valence electrons. The molecule has 0 amide bonds.